The third kappa shape index (κ3) is 5.56. The van der Waals surface area contributed by atoms with Crippen molar-refractivity contribution in [2.45, 2.75) is 26.3 Å². The highest BCUT2D eigenvalue weighted by atomic mass is 16.6. The number of morpholine rings is 1. The van der Waals surface area contributed by atoms with E-state index in [2.05, 4.69) is 5.32 Å². The maximum Gasteiger partial charge on any atom is 0.413 e. The second kappa shape index (κ2) is 8.53. The molecule has 0 spiro atoms. The van der Waals surface area contributed by atoms with Crippen LogP contribution in [0.3, 0.4) is 0 Å². The number of rotatable bonds is 5. The maximum absolute atomic E-state index is 12.6. The second-order valence-electron chi connectivity index (χ2n) is 5.97. The molecule has 1 heterocycles. The van der Waals surface area contributed by atoms with Crippen molar-refractivity contribution < 1.29 is 19.1 Å². The zero-order valence-corrected chi connectivity index (χ0v) is 13.7. The molecule has 0 aromatic heterocycles. The maximum atomic E-state index is 12.6. The van der Waals surface area contributed by atoms with E-state index in [-0.39, 0.29) is 11.8 Å². The number of amides is 2. The van der Waals surface area contributed by atoms with Crippen molar-refractivity contribution in [2.24, 2.45) is 5.92 Å². The lowest BCUT2D eigenvalue weighted by Gasteiger charge is -2.31. The average molecular weight is 320 g/mol. The molecule has 1 aliphatic rings. The average Bonchev–Trinajstić information content (AvgIpc) is 2.55. The Morgan fingerprint density at radius 3 is 2.48 bits per heavy atom. The van der Waals surface area contributed by atoms with E-state index in [4.69, 9.17) is 9.47 Å². The number of hydrogen-bond acceptors (Lipinski definition) is 4. The Morgan fingerprint density at radius 2 is 1.87 bits per heavy atom. The topological polar surface area (TPSA) is 67.9 Å². The van der Waals surface area contributed by atoms with Crippen LogP contribution >= 0.6 is 0 Å². The number of carbonyl (C=O) groups is 2. The van der Waals surface area contributed by atoms with Crippen LogP contribution in [0.1, 0.15) is 20.3 Å². The molecule has 23 heavy (non-hydrogen) atoms. The minimum absolute atomic E-state index is 0.0768. The van der Waals surface area contributed by atoms with Gasteiger partial charge in [-0.2, -0.15) is 0 Å². The lowest BCUT2D eigenvalue weighted by atomic mass is 10.0. The molecule has 0 radical (unpaired) electrons. The molecule has 1 atom stereocenters. The van der Waals surface area contributed by atoms with Crippen molar-refractivity contribution in [1.29, 1.82) is 0 Å². The summed E-state index contributed by atoms with van der Waals surface area (Å²) in [5.74, 6) is 0.654. The lowest BCUT2D eigenvalue weighted by Crippen LogP contribution is -2.52. The molecule has 6 heteroatoms. The predicted molar refractivity (Wildman–Crippen MR) is 86.2 cm³/mol. The molecule has 0 saturated carbocycles. The molecule has 1 aromatic rings. The summed E-state index contributed by atoms with van der Waals surface area (Å²) in [4.78, 5) is 26.4. The predicted octanol–water partition coefficient (Wildman–Crippen LogP) is 2.05. The van der Waals surface area contributed by atoms with Gasteiger partial charge in [0, 0.05) is 13.1 Å². The van der Waals surface area contributed by atoms with Crippen molar-refractivity contribution in [3.05, 3.63) is 30.3 Å². The Morgan fingerprint density at radius 1 is 1.22 bits per heavy atom. The van der Waals surface area contributed by atoms with Gasteiger partial charge < -0.3 is 19.7 Å². The van der Waals surface area contributed by atoms with Crippen LogP contribution in [0.4, 0.5) is 4.79 Å². The first-order valence-corrected chi connectivity index (χ1v) is 7.96. The molecular formula is C17H24N2O4. The smallest absolute Gasteiger partial charge is 0.410 e. The van der Waals surface area contributed by atoms with Gasteiger partial charge in [-0.15, -0.1) is 0 Å². The second-order valence-corrected chi connectivity index (χ2v) is 5.97. The fourth-order valence-electron chi connectivity index (χ4n) is 2.46. The summed E-state index contributed by atoms with van der Waals surface area (Å²) in [7, 11) is 0. The molecule has 1 saturated heterocycles. The Balaban J connectivity index is 1.96. The van der Waals surface area contributed by atoms with E-state index in [0.717, 1.165) is 0 Å². The molecule has 1 aromatic carbocycles. The molecule has 126 valence electrons. The fraction of sp³-hybridized carbons (Fsp3) is 0.529. The largest absolute Gasteiger partial charge is 0.413 e. The van der Waals surface area contributed by atoms with Gasteiger partial charge in [-0.25, -0.2) is 4.79 Å². The lowest BCUT2D eigenvalue weighted by molar-refractivity contribution is -0.137. The Hall–Kier alpha value is -2.08. The van der Waals surface area contributed by atoms with Gasteiger partial charge in [0.15, 0.2) is 0 Å². The zero-order chi connectivity index (χ0) is 16.7. The summed E-state index contributed by atoms with van der Waals surface area (Å²) < 4.78 is 10.5. The molecular weight excluding hydrogens is 296 g/mol. The van der Waals surface area contributed by atoms with Crippen LogP contribution in [0, 0.1) is 5.92 Å². The number of ether oxygens (including phenoxy) is 2. The van der Waals surface area contributed by atoms with Crippen LogP contribution in [0.2, 0.25) is 0 Å². The third-order valence-electron chi connectivity index (χ3n) is 3.57. The van der Waals surface area contributed by atoms with Crippen LogP contribution in [0.25, 0.3) is 0 Å². The number of benzene rings is 1. The Kier molecular flexibility index (Phi) is 6.40. The summed E-state index contributed by atoms with van der Waals surface area (Å²) in [6, 6.07) is 8.22. The molecule has 0 unspecified atom stereocenters. The van der Waals surface area contributed by atoms with E-state index in [1.807, 2.05) is 19.9 Å². The highest BCUT2D eigenvalue weighted by Crippen LogP contribution is 2.12. The van der Waals surface area contributed by atoms with E-state index in [0.29, 0.717) is 38.5 Å². The van der Waals surface area contributed by atoms with Crippen molar-refractivity contribution in [2.75, 3.05) is 26.3 Å². The van der Waals surface area contributed by atoms with E-state index in [1.165, 1.54) is 0 Å². The molecule has 0 aliphatic carbocycles. The molecule has 1 fully saturated rings. The van der Waals surface area contributed by atoms with Crippen LogP contribution in [0.15, 0.2) is 30.3 Å². The van der Waals surface area contributed by atoms with Gasteiger partial charge in [0.05, 0.1) is 13.2 Å². The number of nitrogens with zero attached hydrogens (tertiary/aromatic N) is 1. The van der Waals surface area contributed by atoms with Gasteiger partial charge in [-0.05, 0) is 24.5 Å². The van der Waals surface area contributed by atoms with E-state index < -0.39 is 12.1 Å². The van der Waals surface area contributed by atoms with Crippen LogP contribution in [-0.2, 0) is 9.53 Å². The summed E-state index contributed by atoms with van der Waals surface area (Å²) >= 11 is 0. The van der Waals surface area contributed by atoms with E-state index in [1.54, 1.807) is 29.2 Å². The number of hydrogen-bond donors (Lipinski definition) is 1. The van der Waals surface area contributed by atoms with Crippen molar-refractivity contribution in [3.63, 3.8) is 0 Å². The fourth-order valence-corrected chi connectivity index (χ4v) is 2.46. The van der Waals surface area contributed by atoms with Crippen molar-refractivity contribution in [1.82, 2.24) is 10.2 Å². The molecule has 2 amide bonds. The van der Waals surface area contributed by atoms with Crippen LogP contribution in [-0.4, -0.2) is 49.2 Å². The van der Waals surface area contributed by atoms with Gasteiger partial charge in [0.1, 0.15) is 11.8 Å². The summed E-state index contributed by atoms with van der Waals surface area (Å²) in [5.41, 5.74) is 0. The number of nitrogens with one attached hydrogen (secondary N) is 1. The summed E-state index contributed by atoms with van der Waals surface area (Å²) in [6.07, 6.45) is -0.0384. The first-order chi connectivity index (χ1) is 11.1. The number of carbonyl (C=O) groups excluding carboxylic acids is 2. The van der Waals surface area contributed by atoms with Gasteiger partial charge >= 0.3 is 6.09 Å². The normalized spacial score (nSPS) is 16.0. The molecule has 1 N–H and O–H groups in total. The van der Waals surface area contributed by atoms with E-state index in [9.17, 15) is 9.59 Å². The van der Waals surface area contributed by atoms with Gasteiger partial charge in [0.2, 0.25) is 5.91 Å². The first kappa shape index (κ1) is 17.3. The standard InChI is InChI=1S/C17H24N2O4/c1-13(2)12-15(16(20)19-8-10-22-11-9-19)18-17(21)23-14-6-4-3-5-7-14/h3-7,13,15H,8-12H2,1-2H3,(H,18,21)/t15-/m0/s1. The third-order valence-corrected chi connectivity index (χ3v) is 3.57. The first-order valence-electron chi connectivity index (χ1n) is 7.96. The van der Waals surface area contributed by atoms with Crippen LogP contribution < -0.4 is 10.1 Å². The summed E-state index contributed by atoms with van der Waals surface area (Å²) in [6.45, 7) is 6.22. The van der Waals surface area contributed by atoms with E-state index >= 15 is 0 Å². The van der Waals surface area contributed by atoms with Gasteiger partial charge in [-0.1, -0.05) is 32.0 Å². The Bertz CT molecular complexity index is 513. The van der Waals surface area contributed by atoms with Gasteiger partial charge in [0.25, 0.3) is 0 Å². The monoisotopic (exact) mass is 320 g/mol. The van der Waals surface area contributed by atoms with Gasteiger partial charge in [-0.3, -0.25) is 4.79 Å². The SMILES string of the molecule is CC(C)C[C@H](NC(=O)Oc1ccccc1)C(=O)N1CCOCC1. The van der Waals surface area contributed by atoms with Crippen molar-refractivity contribution in [3.8, 4) is 5.75 Å². The number of para-hydroxylation sites is 1. The van der Waals surface area contributed by atoms with Crippen LogP contribution in [0.5, 0.6) is 5.75 Å². The molecule has 1 aliphatic heterocycles. The quantitative estimate of drug-likeness (QED) is 0.901. The minimum Gasteiger partial charge on any atom is -0.410 e. The molecule has 0 bridgehead atoms. The molecule has 2 rings (SSSR count). The zero-order valence-electron chi connectivity index (χ0n) is 13.7. The highest BCUT2D eigenvalue weighted by Gasteiger charge is 2.28. The minimum atomic E-state index is -0.608. The summed E-state index contributed by atoms with van der Waals surface area (Å²) in [5, 5.41) is 2.70. The Labute approximate surface area is 136 Å². The molecule has 6 nitrogen and oxygen atoms in total. The highest BCUT2D eigenvalue weighted by molar-refractivity contribution is 5.86. The van der Waals surface area contributed by atoms with Crippen molar-refractivity contribution >= 4 is 12.0 Å².